The number of aryl methyl sites for hydroxylation is 1. The summed E-state index contributed by atoms with van der Waals surface area (Å²) >= 11 is 0. The van der Waals surface area contributed by atoms with Crippen LogP contribution in [0.3, 0.4) is 0 Å². The summed E-state index contributed by atoms with van der Waals surface area (Å²) in [4.78, 5) is 0. The maximum atomic E-state index is 5.77. The monoisotopic (exact) mass is 275 g/mol. The third kappa shape index (κ3) is 3.42. The standard InChI is InChI=1S/C15H21N3O2/c1-2-6-18-10-14(8-17-18)20-11-12-5-7-19-15(12)9-16-13-3-4-13/h5,7-8,10,13,16H,2-4,6,9,11H2,1H3. The number of hydrogen-bond acceptors (Lipinski definition) is 4. The minimum atomic E-state index is 0.524. The molecule has 1 aliphatic rings. The van der Waals surface area contributed by atoms with Gasteiger partial charge in [-0.25, -0.2) is 0 Å². The van der Waals surface area contributed by atoms with Crippen molar-refractivity contribution in [2.75, 3.05) is 0 Å². The summed E-state index contributed by atoms with van der Waals surface area (Å²) in [6.07, 6.45) is 9.05. The highest BCUT2D eigenvalue weighted by Gasteiger charge is 2.21. The van der Waals surface area contributed by atoms with Gasteiger partial charge in [0.2, 0.25) is 0 Å². The Balaban J connectivity index is 1.52. The largest absolute Gasteiger partial charge is 0.485 e. The average Bonchev–Trinajstić information content (AvgIpc) is 2.99. The second kappa shape index (κ2) is 6.13. The van der Waals surface area contributed by atoms with Crippen molar-refractivity contribution in [1.82, 2.24) is 15.1 Å². The van der Waals surface area contributed by atoms with Crippen LogP contribution in [-0.2, 0) is 19.7 Å². The summed E-state index contributed by atoms with van der Waals surface area (Å²) in [7, 11) is 0. The van der Waals surface area contributed by atoms with Gasteiger partial charge in [-0.15, -0.1) is 0 Å². The highest BCUT2D eigenvalue weighted by atomic mass is 16.5. The predicted molar refractivity (Wildman–Crippen MR) is 75.4 cm³/mol. The zero-order chi connectivity index (χ0) is 13.8. The van der Waals surface area contributed by atoms with Crippen LogP contribution < -0.4 is 10.1 Å². The topological polar surface area (TPSA) is 52.2 Å². The molecule has 3 rings (SSSR count). The molecule has 5 nitrogen and oxygen atoms in total. The second-order valence-electron chi connectivity index (χ2n) is 5.25. The SMILES string of the molecule is CCCn1cc(OCc2ccoc2CNC2CC2)cn1. The lowest BCUT2D eigenvalue weighted by molar-refractivity contribution is 0.300. The molecule has 108 valence electrons. The van der Waals surface area contributed by atoms with Crippen molar-refractivity contribution in [2.24, 2.45) is 0 Å². The van der Waals surface area contributed by atoms with Crippen LogP contribution in [0.4, 0.5) is 0 Å². The highest BCUT2D eigenvalue weighted by Crippen LogP contribution is 2.21. The molecule has 0 unspecified atom stereocenters. The van der Waals surface area contributed by atoms with Gasteiger partial charge in [0.25, 0.3) is 0 Å². The van der Waals surface area contributed by atoms with E-state index in [-0.39, 0.29) is 0 Å². The van der Waals surface area contributed by atoms with Gasteiger partial charge in [-0.2, -0.15) is 5.10 Å². The first-order chi connectivity index (χ1) is 9.85. The van der Waals surface area contributed by atoms with Gasteiger partial charge in [0, 0.05) is 18.2 Å². The summed E-state index contributed by atoms with van der Waals surface area (Å²) in [5.41, 5.74) is 1.10. The molecular formula is C15H21N3O2. The molecule has 1 fully saturated rings. The Kier molecular flexibility index (Phi) is 4.06. The van der Waals surface area contributed by atoms with Crippen LogP contribution in [0.5, 0.6) is 5.75 Å². The van der Waals surface area contributed by atoms with E-state index in [4.69, 9.17) is 9.15 Å². The summed E-state index contributed by atoms with van der Waals surface area (Å²) in [5, 5.41) is 7.70. The van der Waals surface area contributed by atoms with Crippen LogP contribution in [-0.4, -0.2) is 15.8 Å². The molecule has 20 heavy (non-hydrogen) atoms. The van der Waals surface area contributed by atoms with Crippen LogP contribution in [0.1, 0.15) is 37.5 Å². The van der Waals surface area contributed by atoms with E-state index >= 15 is 0 Å². The summed E-state index contributed by atoms with van der Waals surface area (Å²) in [6.45, 7) is 4.36. The Morgan fingerprint density at radius 2 is 2.40 bits per heavy atom. The molecule has 0 spiro atoms. The molecule has 0 radical (unpaired) electrons. The van der Waals surface area contributed by atoms with Crippen molar-refractivity contribution in [1.29, 1.82) is 0 Å². The molecule has 1 N–H and O–H groups in total. The van der Waals surface area contributed by atoms with Crippen molar-refractivity contribution in [3.63, 3.8) is 0 Å². The molecular weight excluding hydrogens is 254 g/mol. The fourth-order valence-electron chi connectivity index (χ4n) is 2.11. The third-order valence-corrected chi connectivity index (χ3v) is 3.42. The zero-order valence-corrected chi connectivity index (χ0v) is 11.8. The Bertz CT molecular complexity index is 543. The number of aromatic nitrogens is 2. The Labute approximate surface area is 118 Å². The Morgan fingerprint density at radius 3 is 3.20 bits per heavy atom. The lowest BCUT2D eigenvalue weighted by atomic mass is 10.2. The number of furan rings is 1. The van der Waals surface area contributed by atoms with E-state index in [2.05, 4.69) is 17.3 Å². The third-order valence-electron chi connectivity index (χ3n) is 3.42. The first kappa shape index (κ1) is 13.2. The van der Waals surface area contributed by atoms with Crippen LogP contribution in [0.15, 0.2) is 29.1 Å². The normalized spacial score (nSPS) is 14.7. The average molecular weight is 275 g/mol. The lowest BCUT2D eigenvalue weighted by Crippen LogP contribution is -2.16. The van der Waals surface area contributed by atoms with Crippen LogP contribution >= 0.6 is 0 Å². The van der Waals surface area contributed by atoms with Gasteiger partial charge in [-0.05, 0) is 25.3 Å². The first-order valence-electron chi connectivity index (χ1n) is 7.29. The summed E-state index contributed by atoms with van der Waals surface area (Å²) < 4.78 is 13.2. The van der Waals surface area contributed by atoms with Gasteiger partial charge in [0.05, 0.1) is 25.2 Å². The van der Waals surface area contributed by atoms with Gasteiger partial charge < -0.3 is 14.5 Å². The number of ether oxygens (including phenoxy) is 1. The molecule has 2 aromatic heterocycles. The molecule has 0 saturated heterocycles. The zero-order valence-electron chi connectivity index (χ0n) is 11.8. The first-order valence-corrected chi connectivity index (χ1v) is 7.29. The highest BCUT2D eigenvalue weighted by molar-refractivity contribution is 5.19. The van der Waals surface area contributed by atoms with Crippen molar-refractivity contribution in [2.45, 2.75) is 51.9 Å². The molecule has 0 aromatic carbocycles. The van der Waals surface area contributed by atoms with Crippen molar-refractivity contribution in [3.05, 3.63) is 36.0 Å². The second-order valence-corrected chi connectivity index (χ2v) is 5.25. The van der Waals surface area contributed by atoms with E-state index in [1.807, 2.05) is 16.9 Å². The van der Waals surface area contributed by atoms with Crippen molar-refractivity contribution >= 4 is 0 Å². The van der Waals surface area contributed by atoms with E-state index in [9.17, 15) is 0 Å². The van der Waals surface area contributed by atoms with Gasteiger partial charge in [0.15, 0.2) is 5.75 Å². The fraction of sp³-hybridized carbons (Fsp3) is 0.533. The van der Waals surface area contributed by atoms with Crippen LogP contribution in [0.2, 0.25) is 0 Å². The minimum absolute atomic E-state index is 0.524. The van der Waals surface area contributed by atoms with Gasteiger partial charge >= 0.3 is 0 Å². The Hall–Kier alpha value is -1.75. The van der Waals surface area contributed by atoms with E-state index < -0.39 is 0 Å². The van der Waals surface area contributed by atoms with Gasteiger partial charge in [-0.3, -0.25) is 4.68 Å². The summed E-state index contributed by atoms with van der Waals surface area (Å²) in [6, 6.07) is 2.65. The van der Waals surface area contributed by atoms with Crippen molar-refractivity contribution in [3.8, 4) is 5.75 Å². The van der Waals surface area contributed by atoms with Crippen molar-refractivity contribution < 1.29 is 9.15 Å². The number of nitrogens with one attached hydrogen (secondary N) is 1. The lowest BCUT2D eigenvalue weighted by Gasteiger charge is -2.05. The maximum absolute atomic E-state index is 5.77. The maximum Gasteiger partial charge on any atom is 0.157 e. The van der Waals surface area contributed by atoms with Gasteiger partial charge in [0.1, 0.15) is 12.4 Å². The van der Waals surface area contributed by atoms with E-state index in [0.29, 0.717) is 12.6 Å². The molecule has 2 aromatic rings. The molecule has 5 heteroatoms. The smallest absolute Gasteiger partial charge is 0.157 e. The summed E-state index contributed by atoms with van der Waals surface area (Å²) in [5.74, 6) is 1.78. The molecule has 0 atom stereocenters. The number of rotatable bonds is 8. The fourth-order valence-corrected chi connectivity index (χ4v) is 2.11. The quantitative estimate of drug-likeness (QED) is 0.805. The van der Waals surface area contributed by atoms with E-state index in [0.717, 1.165) is 36.6 Å². The number of hydrogen-bond donors (Lipinski definition) is 1. The molecule has 0 bridgehead atoms. The van der Waals surface area contributed by atoms with Gasteiger partial charge in [-0.1, -0.05) is 6.92 Å². The molecule has 1 aliphatic carbocycles. The van der Waals surface area contributed by atoms with Crippen LogP contribution in [0.25, 0.3) is 0 Å². The molecule has 1 saturated carbocycles. The van der Waals surface area contributed by atoms with Crippen LogP contribution in [0, 0.1) is 0 Å². The molecule has 0 aliphatic heterocycles. The van der Waals surface area contributed by atoms with E-state index in [1.54, 1.807) is 12.5 Å². The predicted octanol–water partition coefficient (Wildman–Crippen LogP) is 2.72. The minimum Gasteiger partial charge on any atom is -0.485 e. The molecule has 0 amide bonds. The van der Waals surface area contributed by atoms with E-state index in [1.165, 1.54) is 12.8 Å². The number of nitrogens with zero attached hydrogens (tertiary/aromatic N) is 2. The molecule has 2 heterocycles. The Morgan fingerprint density at radius 1 is 1.50 bits per heavy atom.